The van der Waals surface area contributed by atoms with E-state index in [0.717, 1.165) is 33.8 Å². The van der Waals surface area contributed by atoms with Crippen LogP contribution in [0.1, 0.15) is 79.0 Å². The van der Waals surface area contributed by atoms with Gasteiger partial charge in [-0.1, -0.05) is 54.6 Å². The minimum atomic E-state index is -0.469. The van der Waals surface area contributed by atoms with E-state index >= 15 is 0 Å². The minimum absolute atomic E-state index is 0. The summed E-state index contributed by atoms with van der Waals surface area (Å²) in [5.74, 6) is 0. The average Bonchev–Trinajstić information content (AvgIpc) is 2.87. The Kier molecular flexibility index (Phi) is 11.3. The molecule has 0 aliphatic heterocycles. The number of quaternary nitrogens is 1. The number of anilines is 3. The van der Waals surface area contributed by atoms with Gasteiger partial charge in [-0.25, -0.2) is 0 Å². The predicted octanol–water partition coefficient (Wildman–Crippen LogP) is 3.46. The molecule has 0 saturated carbocycles. The maximum Gasteiger partial charge on any atom is 0.105 e. The van der Waals surface area contributed by atoms with Gasteiger partial charge in [0.05, 0.1) is 33.7 Å². The van der Waals surface area contributed by atoms with Crippen LogP contribution in [-0.2, 0) is 19.6 Å². The van der Waals surface area contributed by atoms with E-state index in [1.165, 1.54) is 20.1 Å². The molecule has 0 saturated heterocycles. The van der Waals surface area contributed by atoms with Gasteiger partial charge in [-0.05, 0) is 80.5 Å². The Hall–Kier alpha value is -2.81. The summed E-state index contributed by atoms with van der Waals surface area (Å²) in [4.78, 5) is 1.19. The van der Waals surface area contributed by atoms with Crippen LogP contribution < -0.4 is 32.5 Å². The van der Waals surface area contributed by atoms with E-state index in [1.807, 2.05) is 117 Å². The highest BCUT2D eigenvalue weighted by Crippen LogP contribution is 2.28. The molecule has 0 atom stereocenters. The maximum absolute atomic E-state index is 11.1. The first kappa shape index (κ1) is 34.4. The Balaban J connectivity index is 0.00000588. The van der Waals surface area contributed by atoms with Gasteiger partial charge in [0.15, 0.2) is 0 Å². The molecule has 3 aromatic carbocycles. The molecule has 0 aliphatic carbocycles. The van der Waals surface area contributed by atoms with Crippen LogP contribution in [0.2, 0.25) is 0 Å². The third-order valence-corrected chi connectivity index (χ3v) is 6.89. The molecule has 0 heterocycles. The van der Waals surface area contributed by atoms with Crippen LogP contribution in [0.3, 0.4) is 0 Å². The second-order valence-corrected chi connectivity index (χ2v) is 13.6. The van der Waals surface area contributed by atoms with Crippen LogP contribution in [0.5, 0.6) is 0 Å². The number of hydrogen-bond acceptors (Lipinski definition) is 6. The smallest absolute Gasteiger partial charge is 0.105 e. The highest BCUT2D eigenvalue weighted by molar-refractivity contribution is 5.55. The van der Waals surface area contributed by atoms with Crippen molar-refractivity contribution in [1.82, 2.24) is 0 Å². The lowest BCUT2D eigenvalue weighted by Crippen LogP contribution is -3.08. The third-order valence-electron chi connectivity index (χ3n) is 6.89. The summed E-state index contributed by atoms with van der Waals surface area (Å²) < 4.78 is 0. The lowest BCUT2D eigenvalue weighted by molar-refractivity contribution is -0.941. The summed E-state index contributed by atoms with van der Waals surface area (Å²) >= 11 is 0. The van der Waals surface area contributed by atoms with E-state index in [-0.39, 0.29) is 12.4 Å². The average molecular weight is 585 g/mol. The number of para-hydroxylation sites is 3. The second kappa shape index (κ2) is 13.4. The second-order valence-electron chi connectivity index (χ2n) is 13.6. The van der Waals surface area contributed by atoms with E-state index < -0.39 is 16.6 Å². The largest absolute Gasteiger partial charge is 1.00 e. The zero-order valence-electron chi connectivity index (χ0n) is 26.1. The van der Waals surface area contributed by atoms with Crippen molar-refractivity contribution in [2.24, 2.45) is 0 Å². The van der Waals surface area contributed by atoms with Gasteiger partial charge in [-0.3, -0.25) is 30.8 Å². The standard InChI is InChI=1S/C33H48N4O3.ClH/c1-31(2,3)35(38)28-19-13-10-16-25(28)22-34(23-26-17-11-14-20-29(26)36(39)32(4,5)6)24-27-18-12-15-21-30(27)37(40)33(7,8)9;/h10-21,38-40H,22-24H2,1-9H3;1H. The van der Waals surface area contributed by atoms with Crippen molar-refractivity contribution < 1.29 is 32.9 Å². The van der Waals surface area contributed by atoms with Gasteiger partial charge in [-0.15, -0.1) is 0 Å². The zero-order chi connectivity index (χ0) is 29.9. The Morgan fingerprint density at radius 2 is 0.683 bits per heavy atom. The molecule has 0 radical (unpaired) electrons. The van der Waals surface area contributed by atoms with Crippen molar-refractivity contribution in [3.63, 3.8) is 0 Å². The van der Waals surface area contributed by atoms with Crippen molar-refractivity contribution in [2.75, 3.05) is 15.2 Å². The summed E-state index contributed by atoms with van der Waals surface area (Å²) in [6.45, 7) is 19.7. The topological polar surface area (TPSA) is 74.8 Å². The van der Waals surface area contributed by atoms with E-state index in [1.54, 1.807) is 0 Å². The van der Waals surface area contributed by atoms with Crippen LogP contribution in [0, 0.1) is 0 Å². The number of hydrogen-bond donors (Lipinski definition) is 4. The van der Waals surface area contributed by atoms with Crippen LogP contribution in [0.4, 0.5) is 17.1 Å². The van der Waals surface area contributed by atoms with E-state index in [0.29, 0.717) is 19.6 Å². The predicted molar refractivity (Wildman–Crippen MR) is 163 cm³/mol. The number of nitrogens with zero attached hydrogens (tertiary/aromatic N) is 3. The van der Waals surface area contributed by atoms with Crippen molar-refractivity contribution in [3.8, 4) is 0 Å². The third kappa shape index (κ3) is 8.84. The maximum atomic E-state index is 11.1. The van der Waals surface area contributed by atoms with Gasteiger partial charge in [0.1, 0.15) is 19.6 Å². The molecular weight excluding hydrogens is 536 g/mol. The van der Waals surface area contributed by atoms with E-state index in [2.05, 4.69) is 18.2 Å². The molecule has 0 aromatic heterocycles. The van der Waals surface area contributed by atoms with Crippen LogP contribution in [0.25, 0.3) is 0 Å². The first-order valence-corrected chi connectivity index (χ1v) is 14.0. The van der Waals surface area contributed by atoms with E-state index in [9.17, 15) is 15.6 Å². The summed E-state index contributed by atoms with van der Waals surface area (Å²) in [5, 5.41) is 37.3. The normalized spacial score (nSPS) is 12.2. The fourth-order valence-corrected chi connectivity index (χ4v) is 4.68. The summed E-state index contributed by atoms with van der Waals surface area (Å²) in [6, 6.07) is 23.8. The van der Waals surface area contributed by atoms with Crippen molar-refractivity contribution in [3.05, 3.63) is 89.5 Å². The Morgan fingerprint density at radius 3 is 0.902 bits per heavy atom. The monoisotopic (exact) mass is 584 g/mol. The molecule has 0 spiro atoms. The van der Waals surface area contributed by atoms with Gasteiger partial charge in [0.2, 0.25) is 0 Å². The van der Waals surface area contributed by atoms with Crippen LogP contribution in [0.15, 0.2) is 72.8 Å². The van der Waals surface area contributed by atoms with Gasteiger partial charge in [-0.2, -0.15) is 0 Å². The van der Waals surface area contributed by atoms with Crippen molar-refractivity contribution in [1.29, 1.82) is 0 Å². The highest BCUT2D eigenvalue weighted by Gasteiger charge is 2.28. The van der Waals surface area contributed by atoms with Gasteiger partial charge in [0, 0.05) is 16.7 Å². The van der Waals surface area contributed by atoms with Gasteiger partial charge in [0.25, 0.3) is 0 Å². The Bertz CT molecular complexity index is 1110. The zero-order valence-corrected chi connectivity index (χ0v) is 26.9. The molecule has 8 heteroatoms. The number of nitrogens with one attached hydrogen (secondary N) is 1. The summed E-state index contributed by atoms with van der Waals surface area (Å²) in [7, 11) is 0. The molecule has 3 rings (SSSR count). The molecule has 3 aromatic rings. The van der Waals surface area contributed by atoms with Crippen LogP contribution >= 0.6 is 0 Å². The number of benzene rings is 3. The summed E-state index contributed by atoms with van der Waals surface area (Å²) in [6.07, 6.45) is 0. The molecule has 0 unspecified atom stereocenters. The summed E-state index contributed by atoms with van der Waals surface area (Å²) in [5.41, 5.74) is 3.94. The molecule has 41 heavy (non-hydrogen) atoms. The molecular formula is C33H49ClN4O3. The fourth-order valence-electron chi connectivity index (χ4n) is 4.68. The SMILES string of the molecule is CC(C)(C)N(O)c1ccccc1C[NH+](Cc1ccccc1N(O)C(C)(C)C)Cc1ccccc1N(O)C(C)(C)C.[Cl-]. The fraction of sp³-hybridized carbons (Fsp3) is 0.455. The first-order valence-electron chi connectivity index (χ1n) is 14.0. The Labute approximate surface area is 252 Å². The first-order chi connectivity index (χ1) is 18.5. The minimum Gasteiger partial charge on any atom is -1.00 e. The van der Waals surface area contributed by atoms with Crippen LogP contribution in [-0.4, -0.2) is 32.2 Å². The molecule has 226 valence electrons. The van der Waals surface area contributed by atoms with Crippen molar-refractivity contribution >= 4 is 17.1 Å². The number of hydroxylamine groups is 3. The molecule has 7 nitrogen and oxygen atoms in total. The molecule has 0 amide bonds. The Morgan fingerprint density at radius 1 is 0.463 bits per heavy atom. The van der Waals surface area contributed by atoms with E-state index in [4.69, 9.17) is 0 Å². The molecule has 4 N–H and O–H groups in total. The lowest BCUT2D eigenvalue weighted by Gasteiger charge is -2.35. The quantitative estimate of drug-likeness (QED) is 0.289. The number of rotatable bonds is 9. The van der Waals surface area contributed by atoms with Gasteiger partial charge >= 0.3 is 0 Å². The lowest BCUT2D eigenvalue weighted by atomic mass is 10.0. The van der Waals surface area contributed by atoms with Crippen molar-refractivity contribution in [2.45, 2.75) is 98.6 Å². The van der Waals surface area contributed by atoms with Gasteiger partial charge < -0.3 is 17.3 Å². The molecule has 0 aliphatic rings. The number of halogens is 1. The highest BCUT2D eigenvalue weighted by atomic mass is 35.5. The molecule has 0 fully saturated rings. The molecule has 0 bridgehead atoms.